The lowest BCUT2D eigenvalue weighted by molar-refractivity contribution is 0.578. The number of thiazole rings is 1. The van der Waals surface area contributed by atoms with Crippen molar-refractivity contribution in [2.75, 3.05) is 5.73 Å². The first-order valence-corrected chi connectivity index (χ1v) is 8.09. The van der Waals surface area contributed by atoms with E-state index in [-0.39, 0.29) is 11.4 Å². The van der Waals surface area contributed by atoms with E-state index in [1.54, 1.807) is 10.1 Å². The smallest absolute Gasteiger partial charge is 0.244 e. The summed E-state index contributed by atoms with van der Waals surface area (Å²) in [5, 5.41) is 6.14. The second-order valence-corrected chi connectivity index (χ2v) is 6.60. The molecule has 0 aliphatic carbocycles. The molecule has 9 heteroatoms. The number of aryl methyl sites for hydroxylation is 1. The quantitative estimate of drug-likeness (QED) is 0.822. The zero-order valence-corrected chi connectivity index (χ0v) is 12.0. The maximum absolute atomic E-state index is 12.0. The number of hydrogen-bond donors (Lipinski definition) is 2. The molecule has 0 saturated heterocycles. The van der Waals surface area contributed by atoms with E-state index in [1.165, 1.54) is 23.7 Å². The average molecular weight is 301 g/mol. The van der Waals surface area contributed by atoms with E-state index in [0.717, 1.165) is 6.42 Å². The highest BCUT2D eigenvalue weighted by molar-refractivity contribution is 7.89. The lowest BCUT2D eigenvalue weighted by atomic mass is 10.5. The zero-order valence-electron chi connectivity index (χ0n) is 10.4. The third-order valence-corrected chi connectivity index (χ3v) is 4.46. The van der Waals surface area contributed by atoms with E-state index < -0.39 is 10.0 Å². The fraction of sp³-hybridized carbons (Fsp3) is 0.400. The Labute approximate surface area is 115 Å². The molecule has 7 nitrogen and oxygen atoms in total. The predicted octanol–water partition coefficient (Wildman–Crippen LogP) is 0.810. The number of anilines is 1. The minimum atomic E-state index is -3.56. The Hall–Kier alpha value is -1.45. The summed E-state index contributed by atoms with van der Waals surface area (Å²) in [6.07, 6.45) is 3.75. The number of rotatable bonds is 6. The zero-order chi connectivity index (χ0) is 13.9. The monoisotopic (exact) mass is 301 g/mol. The van der Waals surface area contributed by atoms with Crippen molar-refractivity contribution >= 4 is 26.5 Å². The van der Waals surface area contributed by atoms with Gasteiger partial charge >= 0.3 is 0 Å². The molecule has 0 bridgehead atoms. The second-order valence-electron chi connectivity index (χ2n) is 3.94. The van der Waals surface area contributed by atoms with Crippen molar-refractivity contribution in [2.45, 2.75) is 31.3 Å². The lowest BCUT2D eigenvalue weighted by Gasteiger charge is -2.02. The summed E-state index contributed by atoms with van der Waals surface area (Å²) in [4.78, 5) is 4.15. The molecule has 0 unspecified atom stereocenters. The van der Waals surface area contributed by atoms with Gasteiger partial charge < -0.3 is 5.73 Å². The maximum atomic E-state index is 12.0. The molecule has 0 aromatic carbocycles. The van der Waals surface area contributed by atoms with Crippen LogP contribution in [-0.2, 0) is 23.1 Å². The van der Waals surface area contributed by atoms with E-state index in [9.17, 15) is 8.42 Å². The predicted molar refractivity (Wildman–Crippen MR) is 73.1 cm³/mol. The van der Waals surface area contributed by atoms with Gasteiger partial charge in [-0.2, -0.15) is 5.10 Å². The number of nitrogen functional groups attached to an aromatic ring is 1. The van der Waals surface area contributed by atoms with E-state index in [2.05, 4.69) is 14.8 Å². The highest BCUT2D eigenvalue weighted by Gasteiger charge is 2.16. The molecule has 0 amide bonds. The van der Waals surface area contributed by atoms with Crippen LogP contribution in [0.2, 0.25) is 0 Å². The first-order chi connectivity index (χ1) is 9.01. The Kier molecular flexibility index (Phi) is 4.17. The molecule has 3 N–H and O–H groups in total. The number of nitrogens with one attached hydrogen (secondary N) is 1. The van der Waals surface area contributed by atoms with Gasteiger partial charge in [0.15, 0.2) is 5.13 Å². The number of aromatic nitrogens is 3. The van der Waals surface area contributed by atoms with Gasteiger partial charge in [-0.3, -0.25) is 4.68 Å². The standard InChI is InChI=1S/C10H15N5O2S2/c1-2-3-15-6-9(5-12-15)19(16,17)13-4-8-7-18-10(11)14-8/h5-7,13H,2-4H2,1H3,(H2,11,14). The SMILES string of the molecule is CCCn1cc(S(=O)(=O)NCc2csc(N)n2)cn1. The van der Waals surface area contributed by atoms with E-state index in [1.807, 2.05) is 6.92 Å². The summed E-state index contributed by atoms with van der Waals surface area (Å²) in [6.45, 7) is 2.81. The highest BCUT2D eigenvalue weighted by atomic mass is 32.2. The Morgan fingerprint density at radius 3 is 2.95 bits per heavy atom. The molecule has 104 valence electrons. The van der Waals surface area contributed by atoms with E-state index in [0.29, 0.717) is 17.4 Å². The molecular formula is C10H15N5O2S2. The third-order valence-electron chi connectivity index (χ3n) is 2.39. The molecule has 19 heavy (non-hydrogen) atoms. The number of nitrogens with zero attached hydrogens (tertiary/aromatic N) is 3. The topological polar surface area (TPSA) is 103 Å². The molecule has 2 aromatic heterocycles. The fourth-order valence-electron chi connectivity index (χ4n) is 1.49. The van der Waals surface area contributed by atoms with Crippen molar-refractivity contribution < 1.29 is 8.42 Å². The second kappa shape index (κ2) is 5.68. The summed E-state index contributed by atoms with van der Waals surface area (Å²) in [6, 6.07) is 0. The molecule has 0 aliphatic rings. The summed E-state index contributed by atoms with van der Waals surface area (Å²) in [5.74, 6) is 0. The Morgan fingerprint density at radius 2 is 2.32 bits per heavy atom. The molecular weight excluding hydrogens is 286 g/mol. The maximum Gasteiger partial charge on any atom is 0.244 e. The molecule has 0 aliphatic heterocycles. The van der Waals surface area contributed by atoms with Crippen molar-refractivity contribution in [3.8, 4) is 0 Å². The van der Waals surface area contributed by atoms with Gasteiger partial charge in [0.1, 0.15) is 4.90 Å². The van der Waals surface area contributed by atoms with Gasteiger partial charge in [0.25, 0.3) is 0 Å². The first kappa shape index (κ1) is 14.0. The van der Waals surface area contributed by atoms with Gasteiger partial charge in [-0.15, -0.1) is 11.3 Å². The lowest BCUT2D eigenvalue weighted by Crippen LogP contribution is -2.23. The van der Waals surface area contributed by atoms with Crippen molar-refractivity contribution in [1.29, 1.82) is 0 Å². The van der Waals surface area contributed by atoms with Crippen molar-refractivity contribution in [3.05, 3.63) is 23.5 Å². The van der Waals surface area contributed by atoms with Gasteiger partial charge in [0.2, 0.25) is 10.0 Å². The molecule has 0 fully saturated rings. The Morgan fingerprint density at radius 1 is 1.53 bits per heavy atom. The Balaban J connectivity index is 2.04. The summed E-state index contributed by atoms with van der Waals surface area (Å²) in [5.41, 5.74) is 6.09. The Bertz CT molecular complexity index is 646. The van der Waals surface area contributed by atoms with E-state index in [4.69, 9.17) is 5.73 Å². The minimum Gasteiger partial charge on any atom is -0.375 e. The third kappa shape index (κ3) is 3.52. The highest BCUT2D eigenvalue weighted by Crippen LogP contribution is 2.12. The molecule has 0 radical (unpaired) electrons. The van der Waals surface area contributed by atoms with E-state index >= 15 is 0 Å². The number of nitrogens with two attached hydrogens (primary N) is 1. The van der Waals surface area contributed by atoms with Gasteiger partial charge in [0.05, 0.1) is 18.4 Å². The number of hydrogen-bond acceptors (Lipinski definition) is 6. The minimum absolute atomic E-state index is 0.120. The fourth-order valence-corrected chi connectivity index (χ4v) is 3.00. The molecule has 2 rings (SSSR count). The first-order valence-electron chi connectivity index (χ1n) is 5.73. The van der Waals surface area contributed by atoms with Crippen LogP contribution in [0, 0.1) is 0 Å². The normalized spacial score (nSPS) is 11.8. The van der Waals surface area contributed by atoms with Crippen LogP contribution in [0.4, 0.5) is 5.13 Å². The van der Waals surface area contributed by atoms with Crippen molar-refractivity contribution in [2.24, 2.45) is 0 Å². The van der Waals surface area contributed by atoms with Crippen molar-refractivity contribution in [1.82, 2.24) is 19.5 Å². The molecule has 2 aromatic rings. The van der Waals surface area contributed by atoms with Crippen LogP contribution in [0.15, 0.2) is 22.7 Å². The number of sulfonamides is 1. The van der Waals surface area contributed by atoms with Gasteiger partial charge in [-0.1, -0.05) is 6.92 Å². The van der Waals surface area contributed by atoms with Crippen LogP contribution < -0.4 is 10.5 Å². The van der Waals surface area contributed by atoms with Crippen LogP contribution in [0.5, 0.6) is 0 Å². The molecule has 0 saturated carbocycles. The van der Waals surface area contributed by atoms with Crippen molar-refractivity contribution in [3.63, 3.8) is 0 Å². The summed E-state index contributed by atoms with van der Waals surface area (Å²) >= 11 is 1.28. The van der Waals surface area contributed by atoms with Gasteiger partial charge in [0, 0.05) is 18.1 Å². The van der Waals surface area contributed by atoms with Crippen LogP contribution in [-0.4, -0.2) is 23.2 Å². The summed E-state index contributed by atoms with van der Waals surface area (Å²) in [7, 11) is -3.56. The average Bonchev–Trinajstić information content (AvgIpc) is 2.97. The van der Waals surface area contributed by atoms with Crippen LogP contribution in [0.25, 0.3) is 0 Å². The van der Waals surface area contributed by atoms with Gasteiger partial charge in [-0.05, 0) is 6.42 Å². The van der Waals surface area contributed by atoms with Crippen LogP contribution in [0.1, 0.15) is 19.0 Å². The molecule has 0 spiro atoms. The molecule has 2 heterocycles. The van der Waals surface area contributed by atoms with Gasteiger partial charge in [-0.25, -0.2) is 18.1 Å². The van der Waals surface area contributed by atoms with Crippen LogP contribution in [0.3, 0.4) is 0 Å². The summed E-state index contributed by atoms with van der Waals surface area (Å²) < 4.78 is 28.1. The van der Waals surface area contributed by atoms with Crippen LogP contribution >= 0.6 is 11.3 Å². The largest absolute Gasteiger partial charge is 0.375 e. The molecule has 0 atom stereocenters.